The summed E-state index contributed by atoms with van der Waals surface area (Å²) in [5.41, 5.74) is 0.966. The van der Waals surface area contributed by atoms with Crippen LogP contribution in [-0.2, 0) is 16.6 Å². The summed E-state index contributed by atoms with van der Waals surface area (Å²) in [5, 5.41) is 0.942. The van der Waals surface area contributed by atoms with E-state index in [1.165, 1.54) is 14.1 Å². The van der Waals surface area contributed by atoms with E-state index < -0.39 is 10.2 Å². The molecule has 0 saturated carbocycles. The minimum atomic E-state index is -3.34. The monoisotopic (exact) mass is 285 g/mol. The molecule has 1 heterocycles. The molecule has 2 aromatic rings. The molecule has 0 bridgehead atoms. The van der Waals surface area contributed by atoms with Crippen LogP contribution in [0.4, 0.5) is 0 Å². The highest BCUT2D eigenvalue weighted by Crippen LogP contribution is 2.21. The fraction of sp³-hybridized carbons (Fsp3) is 0.364. The number of rotatable bonds is 5. The predicted molar refractivity (Wildman–Crippen MR) is 73.9 cm³/mol. The molecule has 0 saturated heterocycles. The van der Waals surface area contributed by atoms with E-state index in [9.17, 15) is 8.42 Å². The first-order chi connectivity index (χ1) is 8.49. The van der Waals surface area contributed by atoms with Gasteiger partial charge in [0, 0.05) is 27.1 Å². The number of hydrogen-bond donors (Lipinski definition) is 1. The van der Waals surface area contributed by atoms with Crippen molar-refractivity contribution in [2.75, 3.05) is 20.6 Å². The molecular formula is C11H15N3O2S2. The van der Waals surface area contributed by atoms with Crippen LogP contribution in [0.2, 0.25) is 0 Å². The Bertz CT molecular complexity index is 602. The van der Waals surface area contributed by atoms with Crippen LogP contribution in [-0.4, -0.2) is 38.3 Å². The molecule has 98 valence electrons. The van der Waals surface area contributed by atoms with Gasteiger partial charge in [0.05, 0.1) is 15.2 Å². The van der Waals surface area contributed by atoms with Gasteiger partial charge in [0.2, 0.25) is 0 Å². The van der Waals surface area contributed by atoms with Crippen molar-refractivity contribution in [3.8, 4) is 0 Å². The number of nitrogens with zero attached hydrogens (tertiary/aromatic N) is 2. The van der Waals surface area contributed by atoms with Crippen molar-refractivity contribution in [3.05, 3.63) is 29.3 Å². The summed E-state index contributed by atoms with van der Waals surface area (Å²) < 4.78 is 27.8. The summed E-state index contributed by atoms with van der Waals surface area (Å²) in [7, 11) is -0.338. The third kappa shape index (κ3) is 3.05. The Balaban J connectivity index is 1.99. The molecule has 1 aromatic heterocycles. The largest absolute Gasteiger partial charge is 0.278 e. The van der Waals surface area contributed by atoms with Crippen molar-refractivity contribution in [3.63, 3.8) is 0 Å². The molecule has 5 nitrogen and oxygen atoms in total. The van der Waals surface area contributed by atoms with E-state index in [1.54, 1.807) is 11.3 Å². The molecule has 0 aliphatic heterocycles. The average molecular weight is 285 g/mol. The zero-order valence-corrected chi connectivity index (χ0v) is 11.9. The predicted octanol–water partition coefficient (Wildman–Crippen LogP) is 1.23. The zero-order valence-electron chi connectivity index (χ0n) is 10.3. The third-order valence-electron chi connectivity index (χ3n) is 2.44. The number of aromatic nitrogens is 1. The molecule has 0 spiro atoms. The molecule has 1 N–H and O–H groups in total. The van der Waals surface area contributed by atoms with Gasteiger partial charge in [-0.25, -0.2) is 9.71 Å². The van der Waals surface area contributed by atoms with Gasteiger partial charge < -0.3 is 0 Å². The SMILES string of the molecule is CN(C)S(=O)(=O)NCCc1nc2ccccc2s1. The van der Waals surface area contributed by atoms with E-state index >= 15 is 0 Å². The van der Waals surface area contributed by atoms with Crippen LogP contribution in [0.5, 0.6) is 0 Å². The van der Waals surface area contributed by atoms with Crippen molar-refractivity contribution < 1.29 is 8.42 Å². The van der Waals surface area contributed by atoms with Crippen LogP contribution in [0.1, 0.15) is 5.01 Å². The highest BCUT2D eigenvalue weighted by Gasteiger charge is 2.12. The summed E-state index contributed by atoms with van der Waals surface area (Å²) in [4.78, 5) is 4.45. The van der Waals surface area contributed by atoms with E-state index in [1.807, 2.05) is 24.3 Å². The van der Waals surface area contributed by atoms with E-state index in [2.05, 4.69) is 9.71 Å². The lowest BCUT2D eigenvalue weighted by atomic mass is 10.3. The molecule has 7 heteroatoms. The van der Waals surface area contributed by atoms with Crippen LogP contribution in [0.25, 0.3) is 10.2 Å². The minimum absolute atomic E-state index is 0.361. The van der Waals surface area contributed by atoms with Crippen molar-refractivity contribution >= 4 is 31.8 Å². The molecule has 0 aliphatic rings. The number of thiazole rings is 1. The van der Waals surface area contributed by atoms with Gasteiger partial charge in [0.25, 0.3) is 10.2 Å². The molecule has 1 aromatic carbocycles. The maximum atomic E-state index is 11.5. The Morgan fingerprint density at radius 1 is 1.33 bits per heavy atom. The van der Waals surface area contributed by atoms with Crippen LogP contribution in [0.15, 0.2) is 24.3 Å². The summed E-state index contributed by atoms with van der Waals surface area (Å²) in [6, 6.07) is 7.89. The van der Waals surface area contributed by atoms with Crippen molar-refractivity contribution in [1.29, 1.82) is 0 Å². The molecule has 0 atom stereocenters. The Morgan fingerprint density at radius 2 is 2.06 bits per heavy atom. The first kappa shape index (κ1) is 13.4. The number of hydrogen-bond acceptors (Lipinski definition) is 4. The maximum absolute atomic E-state index is 11.5. The van der Waals surface area contributed by atoms with Crippen LogP contribution >= 0.6 is 11.3 Å². The lowest BCUT2D eigenvalue weighted by Gasteiger charge is -2.11. The van der Waals surface area contributed by atoms with Crippen molar-refractivity contribution in [2.24, 2.45) is 0 Å². The summed E-state index contributed by atoms with van der Waals surface area (Å²) in [6.07, 6.45) is 0.604. The highest BCUT2D eigenvalue weighted by molar-refractivity contribution is 7.87. The second-order valence-electron chi connectivity index (χ2n) is 4.01. The standard InChI is InChI=1S/C11H15N3O2S2/c1-14(2)18(15,16)12-8-7-11-13-9-5-3-4-6-10(9)17-11/h3-6,12H,7-8H2,1-2H3. The molecule has 0 radical (unpaired) electrons. The molecule has 18 heavy (non-hydrogen) atoms. The second kappa shape index (κ2) is 5.31. The minimum Gasteiger partial charge on any atom is -0.241 e. The van der Waals surface area contributed by atoms with Gasteiger partial charge in [0.15, 0.2) is 0 Å². The van der Waals surface area contributed by atoms with Gasteiger partial charge in [-0.05, 0) is 12.1 Å². The fourth-order valence-corrected chi connectivity index (χ4v) is 3.03. The quantitative estimate of drug-likeness (QED) is 0.899. The summed E-state index contributed by atoms with van der Waals surface area (Å²) >= 11 is 1.60. The summed E-state index contributed by atoms with van der Waals surface area (Å²) in [5.74, 6) is 0. The summed E-state index contributed by atoms with van der Waals surface area (Å²) in [6.45, 7) is 0.361. The van der Waals surface area contributed by atoms with Gasteiger partial charge >= 0.3 is 0 Å². The molecule has 0 amide bonds. The molecular weight excluding hydrogens is 270 g/mol. The van der Waals surface area contributed by atoms with Crippen LogP contribution in [0.3, 0.4) is 0 Å². The van der Waals surface area contributed by atoms with Crippen LogP contribution < -0.4 is 4.72 Å². The number of fused-ring (bicyclic) bond motifs is 1. The Labute approximate surface area is 111 Å². The smallest absolute Gasteiger partial charge is 0.241 e. The van der Waals surface area contributed by atoms with Gasteiger partial charge in [-0.2, -0.15) is 12.7 Å². The molecule has 0 fully saturated rings. The zero-order chi connectivity index (χ0) is 13.2. The first-order valence-electron chi connectivity index (χ1n) is 5.50. The van der Waals surface area contributed by atoms with Gasteiger partial charge in [-0.1, -0.05) is 12.1 Å². The molecule has 0 aliphatic carbocycles. The lowest BCUT2D eigenvalue weighted by molar-refractivity contribution is 0.506. The second-order valence-corrected chi connectivity index (χ2v) is 7.09. The molecule has 0 unspecified atom stereocenters. The van der Waals surface area contributed by atoms with E-state index in [0.29, 0.717) is 13.0 Å². The van der Waals surface area contributed by atoms with Crippen molar-refractivity contribution in [2.45, 2.75) is 6.42 Å². The average Bonchev–Trinajstić information content (AvgIpc) is 2.70. The Kier molecular flexibility index (Phi) is 3.96. The Morgan fingerprint density at radius 3 is 2.72 bits per heavy atom. The normalized spacial score (nSPS) is 12.4. The van der Waals surface area contributed by atoms with Crippen LogP contribution in [0, 0.1) is 0 Å². The van der Waals surface area contributed by atoms with Gasteiger partial charge in [-0.3, -0.25) is 0 Å². The first-order valence-corrected chi connectivity index (χ1v) is 7.76. The number of nitrogens with one attached hydrogen (secondary N) is 1. The van der Waals surface area contributed by atoms with E-state index in [-0.39, 0.29) is 0 Å². The van der Waals surface area contributed by atoms with Gasteiger partial charge in [0.1, 0.15) is 0 Å². The number of para-hydroxylation sites is 1. The molecule has 2 rings (SSSR count). The fourth-order valence-electron chi connectivity index (χ4n) is 1.44. The van der Waals surface area contributed by atoms with Crippen molar-refractivity contribution in [1.82, 2.24) is 14.0 Å². The Hall–Kier alpha value is -1.02. The lowest BCUT2D eigenvalue weighted by Crippen LogP contribution is -2.36. The third-order valence-corrected chi connectivity index (χ3v) is 5.07. The maximum Gasteiger partial charge on any atom is 0.278 e. The topological polar surface area (TPSA) is 62.3 Å². The van der Waals surface area contributed by atoms with E-state index in [0.717, 1.165) is 19.5 Å². The highest BCUT2D eigenvalue weighted by atomic mass is 32.2. The van der Waals surface area contributed by atoms with Gasteiger partial charge in [-0.15, -0.1) is 11.3 Å². The number of benzene rings is 1. The van der Waals surface area contributed by atoms with E-state index in [4.69, 9.17) is 0 Å².